The molecular weight excluding hydrogens is 448 g/mol. The van der Waals surface area contributed by atoms with Crippen molar-refractivity contribution in [2.75, 3.05) is 13.1 Å². The van der Waals surface area contributed by atoms with Crippen molar-refractivity contribution < 1.29 is 0 Å². The number of aromatic amines is 2. The second kappa shape index (κ2) is 8.96. The molecule has 2 atom stereocenters. The van der Waals surface area contributed by atoms with E-state index < -0.39 is 0 Å². The maximum Gasteiger partial charge on any atom is 0.124 e. The summed E-state index contributed by atoms with van der Waals surface area (Å²) in [5, 5.41) is 6.99. The van der Waals surface area contributed by atoms with Crippen LogP contribution in [0, 0.1) is 0 Å². The number of hydrogen-bond acceptors (Lipinski definition) is 6. The zero-order valence-corrected chi connectivity index (χ0v) is 20.0. The Hall–Kier alpha value is -3.88. The highest BCUT2D eigenvalue weighted by Crippen LogP contribution is 2.28. The Morgan fingerprint density at radius 3 is 2.00 bits per heavy atom. The van der Waals surface area contributed by atoms with Crippen LogP contribution in [0.15, 0.2) is 61.1 Å². The van der Waals surface area contributed by atoms with E-state index in [1.165, 1.54) is 12.8 Å². The SMILES string of the molecule is c1cc(-c2cnc(C3CCCN3)[nH]2)ccc1-c1cnc(-c2ccc3nc(C4CCCN4)[nH]c3c2)cn1. The summed E-state index contributed by atoms with van der Waals surface area (Å²) in [6.45, 7) is 2.12. The second-order valence-corrected chi connectivity index (χ2v) is 9.70. The summed E-state index contributed by atoms with van der Waals surface area (Å²) >= 11 is 0. The van der Waals surface area contributed by atoms with E-state index in [2.05, 4.69) is 68.1 Å². The first-order chi connectivity index (χ1) is 17.8. The molecule has 2 saturated heterocycles. The number of hydrogen-bond donors (Lipinski definition) is 4. The first-order valence-electron chi connectivity index (χ1n) is 12.7. The summed E-state index contributed by atoms with van der Waals surface area (Å²) in [6, 6.07) is 15.3. The average Bonchev–Trinajstić information content (AvgIpc) is 3.75. The molecule has 0 spiro atoms. The van der Waals surface area contributed by atoms with Gasteiger partial charge in [0.25, 0.3) is 0 Å². The van der Waals surface area contributed by atoms with E-state index in [9.17, 15) is 0 Å². The topological polar surface area (TPSA) is 107 Å². The van der Waals surface area contributed by atoms with E-state index in [0.29, 0.717) is 12.1 Å². The van der Waals surface area contributed by atoms with E-state index >= 15 is 0 Å². The van der Waals surface area contributed by atoms with Gasteiger partial charge in [-0.05, 0) is 56.5 Å². The van der Waals surface area contributed by atoms with Gasteiger partial charge in [0.05, 0.1) is 58.8 Å². The predicted molar refractivity (Wildman–Crippen MR) is 140 cm³/mol. The molecule has 7 rings (SSSR count). The molecule has 2 unspecified atom stereocenters. The van der Waals surface area contributed by atoms with E-state index in [1.54, 1.807) is 0 Å². The molecule has 5 aromatic rings. The minimum Gasteiger partial charge on any atom is -0.341 e. The largest absolute Gasteiger partial charge is 0.341 e. The van der Waals surface area contributed by atoms with Gasteiger partial charge in [-0.2, -0.15) is 0 Å². The van der Waals surface area contributed by atoms with Gasteiger partial charge in [0.15, 0.2) is 0 Å². The van der Waals surface area contributed by atoms with Crippen LogP contribution in [0.3, 0.4) is 0 Å². The van der Waals surface area contributed by atoms with Gasteiger partial charge in [0.1, 0.15) is 11.6 Å². The maximum absolute atomic E-state index is 4.77. The Labute approximate surface area is 209 Å². The van der Waals surface area contributed by atoms with Crippen molar-refractivity contribution in [3.63, 3.8) is 0 Å². The van der Waals surface area contributed by atoms with E-state index in [-0.39, 0.29) is 0 Å². The van der Waals surface area contributed by atoms with Crippen molar-refractivity contribution in [1.29, 1.82) is 0 Å². The molecule has 180 valence electrons. The van der Waals surface area contributed by atoms with Gasteiger partial charge in [-0.25, -0.2) is 9.97 Å². The number of imidazole rings is 2. The van der Waals surface area contributed by atoms with Crippen LogP contribution in [0.5, 0.6) is 0 Å². The molecule has 0 amide bonds. The minimum absolute atomic E-state index is 0.325. The molecule has 36 heavy (non-hydrogen) atoms. The third-order valence-corrected chi connectivity index (χ3v) is 7.32. The average molecular weight is 477 g/mol. The summed E-state index contributed by atoms with van der Waals surface area (Å²) in [5.74, 6) is 2.04. The number of rotatable bonds is 5. The molecular formula is C28H28N8. The smallest absolute Gasteiger partial charge is 0.124 e. The highest BCUT2D eigenvalue weighted by atomic mass is 15.0. The van der Waals surface area contributed by atoms with Gasteiger partial charge in [0.2, 0.25) is 0 Å². The number of fused-ring (bicyclic) bond motifs is 1. The monoisotopic (exact) mass is 476 g/mol. The minimum atomic E-state index is 0.325. The van der Waals surface area contributed by atoms with Crippen molar-refractivity contribution >= 4 is 11.0 Å². The van der Waals surface area contributed by atoms with Crippen LogP contribution in [-0.4, -0.2) is 43.0 Å². The van der Waals surface area contributed by atoms with Crippen molar-refractivity contribution in [2.24, 2.45) is 0 Å². The van der Waals surface area contributed by atoms with E-state index in [1.807, 2.05) is 18.6 Å². The van der Waals surface area contributed by atoms with Gasteiger partial charge in [-0.15, -0.1) is 0 Å². The van der Waals surface area contributed by atoms with Gasteiger partial charge in [0, 0.05) is 11.1 Å². The summed E-state index contributed by atoms with van der Waals surface area (Å²) in [5.41, 5.74) is 7.92. The highest BCUT2D eigenvalue weighted by Gasteiger charge is 2.20. The quantitative estimate of drug-likeness (QED) is 0.287. The lowest BCUT2D eigenvalue weighted by molar-refractivity contribution is 0.613. The fourth-order valence-electron chi connectivity index (χ4n) is 5.30. The molecule has 4 N–H and O–H groups in total. The van der Waals surface area contributed by atoms with Crippen LogP contribution in [0.25, 0.3) is 44.8 Å². The van der Waals surface area contributed by atoms with Gasteiger partial charge in [-0.1, -0.05) is 30.3 Å². The number of aromatic nitrogens is 6. The lowest BCUT2D eigenvalue weighted by Crippen LogP contribution is -2.14. The van der Waals surface area contributed by atoms with Crippen LogP contribution in [-0.2, 0) is 0 Å². The Morgan fingerprint density at radius 2 is 1.31 bits per heavy atom. The highest BCUT2D eigenvalue weighted by molar-refractivity contribution is 5.81. The number of nitrogens with one attached hydrogen (secondary N) is 4. The molecule has 3 aromatic heterocycles. The van der Waals surface area contributed by atoms with Crippen LogP contribution >= 0.6 is 0 Å². The summed E-state index contributed by atoms with van der Waals surface area (Å²) in [6.07, 6.45) is 10.3. The lowest BCUT2D eigenvalue weighted by atomic mass is 10.1. The molecule has 0 bridgehead atoms. The Morgan fingerprint density at radius 1 is 0.639 bits per heavy atom. The van der Waals surface area contributed by atoms with Crippen molar-refractivity contribution in [3.05, 3.63) is 72.7 Å². The molecule has 0 radical (unpaired) electrons. The predicted octanol–water partition coefficient (Wildman–Crippen LogP) is 4.93. The Kier molecular flexibility index (Phi) is 5.33. The fraction of sp³-hybridized carbons (Fsp3) is 0.286. The Bertz CT molecular complexity index is 1490. The molecule has 2 fully saturated rings. The lowest BCUT2D eigenvalue weighted by Gasteiger charge is -2.06. The van der Waals surface area contributed by atoms with Crippen molar-refractivity contribution in [3.8, 4) is 33.8 Å². The van der Waals surface area contributed by atoms with Crippen molar-refractivity contribution in [1.82, 2.24) is 40.5 Å². The molecule has 0 saturated carbocycles. The molecule has 5 heterocycles. The molecule has 2 aliphatic heterocycles. The first-order valence-corrected chi connectivity index (χ1v) is 12.7. The van der Waals surface area contributed by atoms with Crippen LogP contribution in [0.4, 0.5) is 0 Å². The molecule has 2 aromatic carbocycles. The summed E-state index contributed by atoms with van der Waals surface area (Å²) in [7, 11) is 0. The summed E-state index contributed by atoms with van der Waals surface area (Å²) in [4.78, 5) is 25.7. The molecule has 0 aliphatic carbocycles. The summed E-state index contributed by atoms with van der Waals surface area (Å²) < 4.78 is 0. The van der Waals surface area contributed by atoms with Crippen LogP contribution in [0.2, 0.25) is 0 Å². The maximum atomic E-state index is 4.77. The number of benzene rings is 2. The zero-order valence-electron chi connectivity index (χ0n) is 20.0. The Balaban J connectivity index is 1.09. The molecule has 8 heteroatoms. The zero-order chi connectivity index (χ0) is 23.9. The van der Waals surface area contributed by atoms with Crippen molar-refractivity contribution in [2.45, 2.75) is 37.8 Å². The van der Waals surface area contributed by atoms with E-state index in [4.69, 9.17) is 15.0 Å². The fourth-order valence-corrected chi connectivity index (χ4v) is 5.30. The first kappa shape index (κ1) is 21.4. The van der Waals surface area contributed by atoms with Gasteiger partial charge in [-0.3, -0.25) is 9.97 Å². The molecule has 2 aliphatic rings. The number of H-pyrrole nitrogens is 2. The van der Waals surface area contributed by atoms with Crippen LogP contribution in [0.1, 0.15) is 49.4 Å². The third-order valence-electron chi connectivity index (χ3n) is 7.32. The van der Waals surface area contributed by atoms with Gasteiger partial charge < -0.3 is 20.6 Å². The van der Waals surface area contributed by atoms with Gasteiger partial charge >= 0.3 is 0 Å². The normalized spacial score (nSPS) is 19.9. The van der Waals surface area contributed by atoms with Crippen LogP contribution < -0.4 is 10.6 Å². The second-order valence-electron chi connectivity index (χ2n) is 9.70. The third kappa shape index (κ3) is 3.98. The molecule has 8 nitrogen and oxygen atoms in total. The standard InChI is InChI=1S/C28H28N8/c1-3-21(29-11-1)27-33-16-26(36-27)18-7-5-17(6-8-18)24-14-32-25(15-31-24)19-9-10-20-23(13-19)35-28(34-20)22-4-2-12-30-22/h5-10,13-16,21-22,29-30H,1-4,11-12H2,(H,33,36)(H,34,35). The van der Waals surface area contributed by atoms with E-state index in [0.717, 1.165) is 82.4 Å². The number of nitrogens with zero attached hydrogens (tertiary/aromatic N) is 4.